The predicted octanol–water partition coefficient (Wildman–Crippen LogP) is 13.5. The van der Waals surface area contributed by atoms with Gasteiger partial charge in [0.2, 0.25) is 0 Å². The molecule has 0 aliphatic heterocycles. The number of benzene rings is 7. The van der Waals surface area contributed by atoms with Gasteiger partial charge in [-0.05, 0) is 114 Å². The summed E-state index contributed by atoms with van der Waals surface area (Å²) in [6.07, 6.45) is 7.79. The molecule has 0 aliphatic rings. The third kappa shape index (κ3) is 4.47. The first-order valence-corrected chi connectivity index (χ1v) is 15.8. The van der Waals surface area contributed by atoms with E-state index in [0.717, 1.165) is 88.3 Å². The lowest BCUT2D eigenvalue weighted by Crippen LogP contribution is -1.98. The predicted molar refractivity (Wildman–Crippen MR) is 205 cm³/mol. The van der Waals surface area contributed by atoms with E-state index in [-0.39, 0.29) is 0 Å². The van der Waals surface area contributed by atoms with Gasteiger partial charge in [-0.3, -0.25) is 0 Å². The smallest absolute Gasteiger partial charge is 0.136 e. The van der Waals surface area contributed by atoms with Crippen molar-refractivity contribution in [2.24, 2.45) is 0 Å². The van der Waals surface area contributed by atoms with Crippen molar-refractivity contribution in [1.29, 1.82) is 0 Å². The van der Waals surface area contributed by atoms with Gasteiger partial charge >= 0.3 is 0 Å². The van der Waals surface area contributed by atoms with Crippen LogP contribution in [-0.2, 0) is 0 Å². The molecule has 7 aromatic carbocycles. The maximum absolute atomic E-state index is 6.36. The minimum Gasteiger partial charge on any atom is -0.456 e. The van der Waals surface area contributed by atoms with Gasteiger partial charge in [0.25, 0.3) is 0 Å². The Balaban J connectivity index is 1.45. The fourth-order valence-electron chi connectivity index (χ4n) is 7.20. The van der Waals surface area contributed by atoms with Crippen molar-refractivity contribution in [3.05, 3.63) is 170 Å². The molecule has 0 saturated heterocycles. The van der Waals surface area contributed by atoms with Crippen LogP contribution in [-0.4, -0.2) is 0 Å². The first kappa shape index (κ1) is 28.3. The number of hydrogen-bond donors (Lipinski definition) is 0. The Hall–Kier alpha value is -6.18. The summed E-state index contributed by atoms with van der Waals surface area (Å²) in [5.74, 6) is 0. The monoisotopic (exact) mass is 600 g/mol. The fraction of sp³-hybridized carbons (Fsp3) is 0. The number of hydrogen-bond acceptors (Lipinski definition) is 1. The lowest BCUT2D eigenvalue weighted by Gasteiger charge is -2.22. The molecule has 0 radical (unpaired) electrons. The Morgan fingerprint density at radius 1 is 0.404 bits per heavy atom. The molecule has 8 rings (SSSR count). The first-order chi connectivity index (χ1) is 23.1. The van der Waals surface area contributed by atoms with Crippen molar-refractivity contribution in [2.45, 2.75) is 0 Å². The van der Waals surface area contributed by atoms with Crippen molar-refractivity contribution < 1.29 is 4.42 Å². The summed E-state index contributed by atoms with van der Waals surface area (Å²) in [6, 6.07) is 42.9. The second kappa shape index (κ2) is 11.3. The van der Waals surface area contributed by atoms with E-state index in [1.54, 1.807) is 0 Å². The number of rotatable bonds is 7. The second-order valence-corrected chi connectivity index (χ2v) is 11.8. The summed E-state index contributed by atoms with van der Waals surface area (Å²) < 4.78 is 6.36. The molecule has 0 spiro atoms. The molecule has 0 unspecified atom stereocenters. The molecule has 47 heavy (non-hydrogen) atoms. The quantitative estimate of drug-likeness (QED) is 0.177. The SMILES string of the molecule is C=Cc1cc(-c2ccccc2)cc(-c2c(C=C)c(C=C)c(-c3ccc4oc5cc6ccccc6cc5c4c3)c3ccccc23)c1C=C. The average Bonchev–Trinajstić information content (AvgIpc) is 3.48. The third-order valence-electron chi connectivity index (χ3n) is 9.34. The molecule has 0 saturated carbocycles. The molecule has 1 nitrogen and oxygen atoms in total. The van der Waals surface area contributed by atoms with Gasteiger partial charge in [-0.25, -0.2) is 0 Å². The van der Waals surface area contributed by atoms with E-state index in [9.17, 15) is 0 Å². The highest BCUT2D eigenvalue weighted by atomic mass is 16.3. The van der Waals surface area contributed by atoms with E-state index >= 15 is 0 Å². The molecule has 0 N–H and O–H groups in total. The van der Waals surface area contributed by atoms with Crippen LogP contribution in [0.1, 0.15) is 22.3 Å². The molecule has 0 aliphatic carbocycles. The molecule has 1 heteroatoms. The zero-order valence-corrected chi connectivity index (χ0v) is 26.1. The molecule has 1 aromatic heterocycles. The molecule has 0 amide bonds. The lowest BCUT2D eigenvalue weighted by molar-refractivity contribution is 0.669. The summed E-state index contributed by atoms with van der Waals surface area (Å²) in [7, 11) is 0. The third-order valence-corrected chi connectivity index (χ3v) is 9.34. The van der Waals surface area contributed by atoms with E-state index in [1.807, 2.05) is 30.4 Å². The molecule has 0 atom stereocenters. The summed E-state index contributed by atoms with van der Waals surface area (Å²) >= 11 is 0. The summed E-state index contributed by atoms with van der Waals surface area (Å²) in [5.41, 5.74) is 12.6. The van der Waals surface area contributed by atoms with E-state index in [4.69, 9.17) is 4.42 Å². The topological polar surface area (TPSA) is 13.1 Å². The standard InChI is InChI=1S/C46H32O/c1-5-29-24-34(30-16-10-9-11-17-30)27-42(35(29)6-2)46-37(8-4)36(7-3)45(38-20-14-15-21-39(38)46)33-22-23-43-40(26-33)41-25-31-18-12-13-19-32(31)28-44(41)47-43/h5-28H,1-4H2. The van der Waals surface area contributed by atoms with Gasteiger partial charge in [-0.1, -0.05) is 136 Å². The van der Waals surface area contributed by atoms with Gasteiger partial charge in [0.1, 0.15) is 11.2 Å². The summed E-state index contributed by atoms with van der Waals surface area (Å²) in [6.45, 7) is 17.1. The van der Waals surface area contributed by atoms with Crippen molar-refractivity contribution >= 4 is 67.8 Å². The normalized spacial score (nSPS) is 11.3. The zero-order chi connectivity index (χ0) is 32.1. The van der Waals surface area contributed by atoms with Crippen LogP contribution < -0.4 is 0 Å². The second-order valence-electron chi connectivity index (χ2n) is 11.8. The van der Waals surface area contributed by atoms with Crippen LogP contribution in [0, 0.1) is 0 Å². The van der Waals surface area contributed by atoms with Crippen LogP contribution in [0.25, 0.3) is 101 Å². The Morgan fingerprint density at radius 2 is 1.02 bits per heavy atom. The van der Waals surface area contributed by atoms with E-state index in [1.165, 1.54) is 10.8 Å². The lowest BCUT2D eigenvalue weighted by atomic mass is 9.80. The van der Waals surface area contributed by atoms with Gasteiger partial charge in [0, 0.05) is 10.8 Å². The van der Waals surface area contributed by atoms with Crippen molar-refractivity contribution in [2.75, 3.05) is 0 Å². The number of furan rings is 1. The molecule has 222 valence electrons. The van der Waals surface area contributed by atoms with Crippen molar-refractivity contribution in [1.82, 2.24) is 0 Å². The molecular weight excluding hydrogens is 569 g/mol. The minimum absolute atomic E-state index is 0.870. The number of fused-ring (bicyclic) bond motifs is 5. The molecule has 8 aromatic rings. The Bertz CT molecular complexity index is 2580. The Kier molecular flexibility index (Phi) is 6.82. The van der Waals surface area contributed by atoms with Crippen LogP contribution in [0.2, 0.25) is 0 Å². The Labute approximate surface area is 274 Å². The van der Waals surface area contributed by atoms with Crippen LogP contribution >= 0.6 is 0 Å². The van der Waals surface area contributed by atoms with Crippen molar-refractivity contribution in [3.8, 4) is 33.4 Å². The van der Waals surface area contributed by atoms with Gasteiger partial charge in [-0.2, -0.15) is 0 Å². The van der Waals surface area contributed by atoms with E-state index < -0.39 is 0 Å². The molecule has 1 heterocycles. The Morgan fingerprint density at radius 3 is 1.72 bits per heavy atom. The van der Waals surface area contributed by atoms with Crippen LogP contribution in [0.4, 0.5) is 0 Å². The largest absolute Gasteiger partial charge is 0.456 e. The van der Waals surface area contributed by atoms with Gasteiger partial charge in [0.15, 0.2) is 0 Å². The van der Waals surface area contributed by atoms with Gasteiger partial charge < -0.3 is 4.42 Å². The molecule has 0 fully saturated rings. The van der Waals surface area contributed by atoms with Gasteiger partial charge in [0.05, 0.1) is 0 Å². The molecular formula is C46H32O. The highest BCUT2D eigenvalue weighted by molar-refractivity contribution is 6.15. The van der Waals surface area contributed by atoms with Crippen LogP contribution in [0.3, 0.4) is 0 Å². The van der Waals surface area contributed by atoms with Crippen LogP contribution in [0.5, 0.6) is 0 Å². The fourth-order valence-corrected chi connectivity index (χ4v) is 7.20. The zero-order valence-electron chi connectivity index (χ0n) is 26.1. The maximum atomic E-state index is 6.36. The first-order valence-electron chi connectivity index (χ1n) is 15.8. The van der Waals surface area contributed by atoms with Crippen molar-refractivity contribution in [3.63, 3.8) is 0 Å². The minimum atomic E-state index is 0.870. The van der Waals surface area contributed by atoms with Gasteiger partial charge in [-0.15, -0.1) is 0 Å². The highest BCUT2D eigenvalue weighted by Gasteiger charge is 2.22. The highest BCUT2D eigenvalue weighted by Crippen LogP contribution is 2.46. The van der Waals surface area contributed by atoms with E-state index in [0.29, 0.717) is 0 Å². The summed E-state index contributed by atoms with van der Waals surface area (Å²) in [5, 5.41) is 6.83. The van der Waals surface area contributed by atoms with E-state index in [2.05, 4.69) is 142 Å². The van der Waals surface area contributed by atoms with Crippen LogP contribution in [0.15, 0.2) is 152 Å². The average molecular weight is 601 g/mol. The molecule has 0 bridgehead atoms. The maximum Gasteiger partial charge on any atom is 0.136 e. The summed E-state index contributed by atoms with van der Waals surface area (Å²) in [4.78, 5) is 0.